The van der Waals surface area contributed by atoms with Crippen molar-refractivity contribution >= 4 is 23.6 Å². The predicted molar refractivity (Wildman–Crippen MR) is 126 cm³/mol. The molecule has 0 aliphatic carbocycles. The van der Waals surface area contributed by atoms with Crippen molar-refractivity contribution in [3.05, 3.63) is 71.0 Å². The summed E-state index contributed by atoms with van der Waals surface area (Å²) in [7, 11) is 0. The van der Waals surface area contributed by atoms with E-state index in [4.69, 9.17) is 0 Å². The van der Waals surface area contributed by atoms with Gasteiger partial charge in [0.25, 0.3) is 0 Å². The van der Waals surface area contributed by atoms with Crippen molar-refractivity contribution in [1.82, 2.24) is 10.2 Å². The second-order valence-corrected chi connectivity index (χ2v) is 9.18. The number of hydrogen-bond donors (Lipinski definition) is 1. The maximum atomic E-state index is 13.3. The van der Waals surface area contributed by atoms with Crippen LogP contribution in [0.3, 0.4) is 0 Å². The van der Waals surface area contributed by atoms with Crippen molar-refractivity contribution in [3.63, 3.8) is 0 Å². The highest BCUT2D eigenvalue weighted by atomic mass is 32.2. The molecule has 1 unspecified atom stereocenters. The van der Waals surface area contributed by atoms with E-state index >= 15 is 0 Å². The minimum absolute atomic E-state index is 0.0898. The van der Waals surface area contributed by atoms with E-state index in [1.807, 2.05) is 27.7 Å². The molecule has 0 heterocycles. The topological polar surface area (TPSA) is 49.4 Å². The van der Waals surface area contributed by atoms with E-state index in [1.54, 1.807) is 17.0 Å². The molecule has 0 fully saturated rings. The fraction of sp³-hybridized carbons (Fsp3) is 0.440. The number of carbonyl (C=O) groups excluding carboxylic acids is 2. The molecule has 1 N–H and O–H groups in total. The summed E-state index contributed by atoms with van der Waals surface area (Å²) in [5, 5.41) is 2.95. The number of amides is 2. The van der Waals surface area contributed by atoms with Crippen molar-refractivity contribution in [3.8, 4) is 0 Å². The molecule has 2 amide bonds. The first-order valence-electron chi connectivity index (χ1n) is 10.7. The second-order valence-electron chi connectivity index (χ2n) is 8.19. The molecule has 0 saturated heterocycles. The first kappa shape index (κ1) is 24.9. The molecule has 1 atom stereocenters. The van der Waals surface area contributed by atoms with Crippen LogP contribution < -0.4 is 5.32 Å². The molecule has 0 bridgehead atoms. The Kier molecular flexibility index (Phi) is 10.0. The fourth-order valence-corrected chi connectivity index (χ4v) is 4.02. The van der Waals surface area contributed by atoms with Crippen molar-refractivity contribution in [1.29, 1.82) is 0 Å². The molecule has 4 nitrogen and oxygen atoms in total. The molecule has 0 saturated carbocycles. The lowest BCUT2D eigenvalue weighted by molar-refractivity contribution is -0.139. The zero-order valence-corrected chi connectivity index (χ0v) is 19.7. The summed E-state index contributed by atoms with van der Waals surface area (Å²) in [6.45, 7) is 8.86. The third-order valence-electron chi connectivity index (χ3n) is 4.95. The number of hydrogen-bond acceptors (Lipinski definition) is 3. The monoisotopic (exact) mass is 444 g/mol. The highest BCUT2D eigenvalue weighted by Gasteiger charge is 2.28. The fourth-order valence-electron chi connectivity index (χ4n) is 3.15. The number of nitrogens with one attached hydrogen (secondary N) is 1. The number of thioether (sulfide) groups is 1. The average Bonchev–Trinajstić information content (AvgIpc) is 2.74. The van der Waals surface area contributed by atoms with Gasteiger partial charge in [-0.3, -0.25) is 9.59 Å². The maximum absolute atomic E-state index is 13.3. The van der Waals surface area contributed by atoms with Crippen LogP contribution in [0.1, 0.15) is 43.9 Å². The number of aryl methyl sites for hydroxylation is 1. The largest absolute Gasteiger partial charge is 0.354 e. The van der Waals surface area contributed by atoms with Gasteiger partial charge in [-0.25, -0.2) is 4.39 Å². The van der Waals surface area contributed by atoms with Gasteiger partial charge in [0.05, 0.1) is 5.75 Å². The van der Waals surface area contributed by atoms with Gasteiger partial charge in [0.15, 0.2) is 0 Å². The molecule has 0 aromatic heterocycles. The lowest BCUT2D eigenvalue weighted by atomic mass is 10.1. The number of nitrogens with zero attached hydrogens (tertiary/aromatic N) is 1. The Morgan fingerprint density at radius 2 is 1.65 bits per heavy atom. The zero-order valence-electron chi connectivity index (χ0n) is 18.9. The van der Waals surface area contributed by atoms with E-state index in [1.165, 1.54) is 29.5 Å². The summed E-state index contributed by atoms with van der Waals surface area (Å²) in [5.74, 6) is 0.781. The Labute approximate surface area is 189 Å². The van der Waals surface area contributed by atoms with Gasteiger partial charge in [0.1, 0.15) is 11.9 Å². The molecule has 31 heavy (non-hydrogen) atoms. The van der Waals surface area contributed by atoms with Gasteiger partial charge in [-0.05, 0) is 42.5 Å². The summed E-state index contributed by atoms with van der Waals surface area (Å²) < 4.78 is 13.3. The molecule has 0 spiro atoms. The highest BCUT2D eigenvalue weighted by Crippen LogP contribution is 2.18. The molecule has 6 heteroatoms. The van der Waals surface area contributed by atoms with Gasteiger partial charge in [0, 0.05) is 18.8 Å². The van der Waals surface area contributed by atoms with Crippen LogP contribution in [0.15, 0.2) is 48.5 Å². The van der Waals surface area contributed by atoms with E-state index in [-0.39, 0.29) is 29.9 Å². The van der Waals surface area contributed by atoms with Crippen molar-refractivity contribution in [2.75, 3.05) is 12.3 Å². The van der Waals surface area contributed by atoms with Crippen LogP contribution in [0.5, 0.6) is 0 Å². The van der Waals surface area contributed by atoms with E-state index in [0.717, 1.165) is 16.9 Å². The number of halogens is 1. The average molecular weight is 445 g/mol. The third-order valence-corrected chi connectivity index (χ3v) is 5.94. The lowest BCUT2D eigenvalue weighted by Gasteiger charge is -2.31. The maximum Gasteiger partial charge on any atom is 0.242 e. The van der Waals surface area contributed by atoms with Crippen molar-refractivity contribution < 1.29 is 14.0 Å². The Morgan fingerprint density at radius 3 is 2.23 bits per heavy atom. The Hall–Kier alpha value is -2.34. The van der Waals surface area contributed by atoms with Crippen LogP contribution in [0.2, 0.25) is 0 Å². The zero-order chi connectivity index (χ0) is 22.8. The first-order chi connectivity index (χ1) is 14.8. The normalized spacial score (nSPS) is 11.9. The summed E-state index contributed by atoms with van der Waals surface area (Å²) >= 11 is 1.54. The van der Waals surface area contributed by atoms with E-state index in [9.17, 15) is 14.0 Å². The summed E-state index contributed by atoms with van der Waals surface area (Å²) in [6.07, 6.45) is 0.513. The molecule has 0 radical (unpaired) electrons. The van der Waals surface area contributed by atoms with Crippen LogP contribution in [-0.2, 0) is 21.9 Å². The van der Waals surface area contributed by atoms with Gasteiger partial charge >= 0.3 is 0 Å². The molecule has 2 aromatic rings. The van der Waals surface area contributed by atoms with Crippen molar-refractivity contribution in [2.45, 2.75) is 52.5 Å². The number of rotatable bonds is 11. The molecular formula is C25H33FN2O2S. The number of benzene rings is 2. The number of carbonyl (C=O) groups is 2. The summed E-state index contributed by atoms with van der Waals surface area (Å²) in [6, 6.07) is 13.8. The van der Waals surface area contributed by atoms with E-state index in [0.29, 0.717) is 18.9 Å². The van der Waals surface area contributed by atoms with E-state index in [2.05, 4.69) is 29.6 Å². The summed E-state index contributed by atoms with van der Waals surface area (Å²) in [5.41, 5.74) is 3.16. The van der Waals surface area contributed by atoms with Gasteiger partial charge in [-0.2, -0.15) is 0 Å². The Morgan fingerprint density at radius 1 is 1.03 bits per heavy atom. The van der Waals surface area contributed by atoms with Crippen LogP contribution in [0, 0.1) is 18.7 Å². The van der Waals surface area contributed by atoms with Crippen LogP contribution in [0.4, 0.5) is 4.39 Å². The van der Waals surface area contributed by atoms with Gasteiger partial charge in [0.2, 0.25) is 11.8 Å². The molecule has 2 aromatic carbocycles. The smallest absolute Gasteiger partial charge is 0.242 e. The standard InChI is InChI=1S/C25H33FN2O2S/c1-5-23(25(30)27-14-18(2)3)28(15-20-10-12-22(26)13-11-20)24(29)17-31-16-21-8-6-19(4)7-9-21/h6-13,18,23H,5,14-17H2,1-4H3,(H,27,30). The van der Waals surface area contributed by atoms with E-state index < -0.39 is 6.04 Å². The third kappa shape index (κ3) is 8.37. The highest BCUT2D eigenvalue weighted by molar-refractivity contribution is 7.99. The van der Waals surface area contributed by atoms with Crippen LogP contribution in [-0.4, -0.2) is 35.1 Å². The van der Waals surface area contributed by atoms with Gasteiger partial charge in [-0.15, -0.1) is 11.8 Å². The quantitative estimate of drug-likeness (QED) is 0.534. The molecule has 0 aliphatic rings. The Balaban J connectivity index is 2.10. The molecule has 168 valence electrons. The van der Waals surface area contributed by atoms with Gasteiger partial charge < -0.3 is 10.2 Å². The molecule has 0 aliphatic heterocycles. The molecular weight excluding hydrogens is 411 g/mol. The SMILES string of the molecule is CCC(C(=O)NCC(C)C)N(Cc1ccc(F)cc1)C(=O)CSCc1ccc(C)cc1. The van der Waals surface area contributed by atoms with Crippen LogP contribution >= 0.6 is 11.8 Å². The predicted octanol–water partition coefficient (Wildman–Crippen LogP) is 4.95. The van der Waals surface area contributed by atoms with Crippen molar-refractivity contribution in [2.24, 2.45) is 5.92 Å². The minimum Gasteiger partial charge on any atom is -0.354 e. The molecule has 2 rings (SSSR count). The Bertz CT molecular complexity index is 838. The van der Waals surface area contributed by atoms with Crippen LogP contribution in [0.25, 0.3) is 0 Å². The van der Waals surface area contributed by atoms with Gasteiger partial charge in [-0.1, -0.05) is 62.7 Å². The minimum atomic E-state index is -0.559. The first-order valence-corrected chi connectivity index (χ1v) is 11.9. The summed E-state index contributed by atoms with van der Waals surface area (Å²) in [4.78, 5) is 27.6. The lowest BCUT2D eigenvalue weighted by Crippen LogP contribution is -2.50. The second kappa shape index (κ2) is 12.5.